The molecule has 0 N–H and O–H groups in total. The number of fused-ring (bicyclic) bond motifs is 4. The van der Waals surface area contributed by atoms with Crippen LogP contribution in [-0.2, 0) is 37.3 Å². The fourth-order valence-electron chi connectivity index (χ4n) is 11.2. The summed E-state index contributed by atoms with van der Waals surface area (Å²) in [5, 5.41) is 1.43. The van der Waals surface area contributed by atoms with Crippen LogP contribution in [0.1, 0.15) is 122 Å². The minimum atomic E-state index is -2.86. The first-order valence-electron chi connectivity index (χ1n) is 37.9. The summed E-state index contributed by atoms with van der Waals surface area (Å²) in [6.45, 7) is 10.7. The summed E-state index contributed by atoms with van der Waals surface area (Å²) in [5.41, 5.74) is 6.55. The number of rotatable bonds is 10. The van der Waals surface area contributed by atoms with E-state index in [1.54, 1.807) is 51.6 Å². The average Bonchev–Trinajstić information content (AvgIpc) is 1.38. The van der Waals surface area contributed by atoms with Gasteiger partial charge in [-0.25, -0.2) is 4.98 Å². The van der Waals surface area contributed by atoms with Gasteiger partial charge < -0.3 is 13.9 Å². The number of hydrogen-bond acceptors (Lipinski definition) is 2. The van der Waals surface area contributed by atoms with Crippen LogP contribution in [0.25, 0.3) is 106 Å². The first-order chi connectivity index (χ1) is 49.0. The maximum Gasteiger partial charge on any atom is 0.268 e. The predicted octanol–water partition coefficient (Wildman–Crippen LogP) is 20.7. The molecule has 13 rings (SSSR count). The van der Waals surface area contributed by atoms with Crippen molar-refractivity contribution in [1.29, 1.82) is 0 Å². The Bertz CT molecular complexity index is 5630. The van der Waals surface area contributed by atoms with Crippen molar-refractivity contribution in [2.45, 2.75) is 99.1 Å². The Morgan fingerprint density at radius 2 is 1.11 bits per heavy atom. The number of benzene rings is 10. The molecule has 0 aliphatic carbocycles. The molecule has 0 saturated carbocycles. The Hall–Kier alpha value is -8.89. The first-order valence-corrected chi connectivity index (χ1v) is 28.4. The van der Waals surface area contributed by atoms with E-state index in [-0.39, 0.29) is 88.3 Å². The third-order valence-corrected chi connectivity index (χ3v) is 15.8. The van der Waals surface area contributed by atoms with Crippen LogP contribution in [0.5, 0.6) is 11.5 Å². The summed E-state index contributed by atoms with van der Waals surface area (Å²) in [5.74, 6) is 0.472. The molecule has 0 radical (unpaired) electrons. The Labute approximate surface area is 554 Å². The summed E-state index contributed by atoms with van der Waals surface area (Å²) in [7, 11) is 0. The molecular weight excluding hydrogens is 1240 g/mol. The van der Waals surface area contributed by atoms with Gasteiger partial charge in [-0.1, -0.05) is 219 Å². The van der Waals surface area contributed by atoms with E-state index in [0.717, 1.165) is 27.6 Å². The molecule has 87 heavy (non-hydrogen) atoms. The maximum absolute atomic E-state index is 9.45. The Kier molecular flexibility index (Phi) is 10.4. The number of para-hydroxylation sites is 1. The summed E-state index contributed by atoms with van der Waals surface area (Å²) in [6.07, 6.45) is 4.92. The number of imidazole rings is 1. The fourth-order valence-corrected chi connectivity index (χ4v) is 11.2. The Morgan fingerprint density at radius 3 is 1.80 bits per heavy atom. The topological polar surface area (TPSA) is 35.9 Å². The molecule has 0 amide bonds. The van der Waals surface area contributed by atoms with E-state index in [4.69, 9.17) is 33.0 Å². The zero-order valence-electron chi connectivity index (χ0n) is 68.5. The van der Waals surface area contributed by atoms with Crippen molar-refractivity contribution in [3.8, 4) is 84.3 Å². The van der Waals surface area contributed by atoms with Gasteiger partial charge in [0.05, 0.1) is 30.4 Å². The molecule has 6 heteroatoms. The smallest absolute Gasteiger partial charge is 0.268 e. The zero-order valence-corrected chi connectivity index (χ0v) is 51.8. The summed E-state index contributed by atoms with van der Waals surface area (Å²) in [6, 6.07) is 46.5. The van der Waals surface area contributed by atoms with E-state index in [1.165, 1.54) is 30.5 Å². The number of aromatic nitrogens is 4. The van der Waals surface area contributed by atoms with Crippen LogP contribution >= 0.6 is 0 Å². The molecule has 5 nitrogen and oxygen atoms in total. The van der Waals surface area contributed by atoms with Gasteiger partial charge >= 0.3 is 0 Å². The second-order valence-corrected chi connectivity index (χ2v) is 24.8. The largest absolute Gasteiger partial charge is 0.510 e. The molecule has 0 bridgehead atoms. The van der Waals surface area contributed by atoms with Crippen LogP contribution in [-0.4, -0.2) is 14.1 Å². The number of aryl methyl sites for hydroxylation is 3. The molecule has 434 valence electrons. The van der Waals surface area contributed by atoms with Gasteiger partial charge in [0.2, 0.25) is 0 Å². The van der Waals surface area contributed by atoms with Gasteiger partial charge in [-0.2, -0.15) is 18.2 Å². The summed E-state index contributed by atoms with van der Waals surface area (Å²) >= 11 is 0. The van der Waals surface area contributed by atoms with E-state index < -0.39 is 91.8 Å². The molecule has 0 atom stereocenters. The predicted molar refractivity (Wildman–Crippen MR) is 357 cm³/mol. The van der Waals surface area contributed by atoms with Crippen LogP contribution in [0.2, 0.25) is 0 Å². The molecule has 13 aromatic rings. The van der Waals surface area contributed by atoms with Gasteiger partial charge in [0.1, 0.15) is 5.82 Å². The van der Waals surface area contributed by atoms with Crippen molar-refractivity contribution in [3.05, 3.63) is 270 Å². The first kappa shape index (κ1) is 39.7. The molecule has 0 aliphatic rings. The third-order valence-electron chi connectivity index (χ3n) is 15.8. The molecule has 0 saturated heterocycles. The zero-order chi connectivity index (χ0) is 76.0. The minimum Gasteiger partial charge on any atom is -0.510 e. The van der Waals surface area contributed by atoms with Crippen LogP contribution in [0.4, 0.5) is 0 Å². The van der Waals surface area contributed by atoms with Crippen LogP contribution < -0.4 is 9.30 Å². The molecule has 0 aliphatic heterocycles. The van der Waals surface area contributed by atoms with Gasteiger partial charge in [0.25, 0.3) is 6.33 Å². The Morgan fingerprint density at radius 1 is 0.483 bits per heavy atom. The molecule has 10 aromatic carbocycles. The maximum atomic E-state index is 9.45. The van der Waals surface area contributed by atoms with Gasteiger partial charge in [-0.05, 0) is 162 Å². The molecular formula is C81H72N4OPt-2. The van der Waals surface area contributed by atoms with Crippen LogP contribution in [0.15, 0.2) is 218 Å². The van der Waals surface area contributed by atoms with Crippen LogP contribution in [0.3, 0.4) is 0 Å². The van der Waals surface area contributed by atoms with E-state index in [0.29, 0.717) is 61.1 Å². The minimum absolute atomic E-state index is 0. The summed E-state index contributed by atoms with van der Waals surface area (Å²) in [4.78, 5) is 4.73. The number of nitrogens with zero attached hydrogens (tertiary/aromatic N) is 4. The molecule has 3 heterocycles. The van der Waals surface area contributed by atoms with Crippen LogP contribution in [0, 0.1) is 39.0 Å². The monoisotopic (exact) mass is 1330 g/mol. The average molecular weight is 1330 g/mol. The van der Waals surface area contributed by atoms with E-state index in [9.17, 15) is 2.74 Å². The second kappa shape index (κ2) is 22.8. The van der Waals surface area contributed by atoms with Crippen molar-refractivity contribution in [2.75, 3.05) is 0 Å². The standard InChI is InChI=1S/C81H72N4O.Pt/c1-52-24-21-25-53(2)77(52)58-36-39-73-75(46-58)83(64-32-23-33-65(48-64)86-66-37-38-68-67-34-19-20-35-72(67)85(74(68)49-66)76-40-54(3)71(50-82-76)56-28-17-14-18-29-56)51-84(73)78-69(57-30-22-31-61(41-57)79(4,5)6)44-59(55-26-15-13-16-27-55)45-70(78)60-42-62(80(7,8)9)47-63(43-60)81(10,11)12;/h13-47,50H,1-12H3;/q-2;/i1D3,2D3,3D3,13D,14D,15D,16D,17D,18D,26D,27D,28D,29D;. The van der Waals surface area contributed by atoms with E-state index >= 15 is 0 Å². The van der Waals surface area contributed by atoms with Gasteiger partial charge in [-0.3, -0.25) is 4.57 Å². The molecule has 3 aromatic heterocycles. The second-order valence-electron chi connectivity index (χ2n) is 24.8. The number of hydrogen-bond donors (Lipinski definition) is 0. The number of pyridine rings is 1. The number of ether oxygens (including phenoxy) is 1. The van der Waals surface area contributed by atoms with E-state index in [1.807, 2.05) is 65.2 Å². The van der Waals surface area contributed by atoms with E-state index in [2.05, 4.69) is 105 Å². The van der Waals surface area contributed by atoms with Crippen molar-refractivity contribution < 1.29 is 56.4 Å². The Balaban J connectivity index is 0.0000105. The molecule has 0 spiro atoms. The molecule has 0 fully saturated rings. The third kappa shape index (κ3) is 11.2. The SMILES string of the molecule is [2H]c1c([2H])c([2H])c(-c2cc(-c3cccc(C(C)(C)C)c3)c(-[n+]3[c-]n(-c4[c-]c(Oc5[c-]c6c(cc5)c5ccccc5n6-c5cc(C([2H])([2H])[2H])c(-c6c([2H])c([2H])c([2H])c([2H])c6[2H])cn5)ccc4)c4cc(-c5c(C([2H])([2H])[2H])cccc5C([2H])([2H])[2H])ccc43)c(-c3cc(C(C)(C)C)cc(C(C)(C)C)c3)c2)c([2H])c1[2H].[Pt]. The van der Waals surface area contributed by atoms with Crippen molar-refractivity contribution in [2.24, 2.45) is 0 Å². The van der Waals surface area contributed by atoms with Crippen molar-refractivity contribution in [3.63, 3.8) is 0 Å². The quantitative estimate of drug-likeness (QED) is 0.101. The van der Waals surface area contributed by atoms with Crippen molar-refractivity contribution in [1.82, 2.24) is 14.1 Å². The van der Waals surface area contributed by atoms with Gasteiger partial charge in [0.15, 0.2) is 0 Å². The fraction of sp³-hybridized carbons (Fsp3) is 0.185. The van der Waals surface area contributed by atoms with Crippen molar-refractivity contribution >= 4 is 32.8 Å². The van der Waals surface area contributed by atoms with Gasteiger partial charge in [0, 0.05) is 62.2 Å². The normalized spacial score (nSPS) is 15.6. The summed E-state index contributed by atoms with van der Waals surface area (Å²) < 4.78 is 179. The molecule has 0 unspecified atom stereocenters. The van der Waals surface area contributed by atoms with Gasteiger partial charge in [-0.15, -0.1) is 29.7 Å².